The summed E-state index contributed by atoms with van der Waals surface area (Å²) in [5.74, 6) is -1.57. The number of nitrogens with zero attached hydrogens (tertiary/aromatic N) is 3. The molecular formula is C23H20ClN3O6. The number of hydrogen-bond donors (Lipinski definition) is 1. The highest BCUT2D eigenvalue weighted by Gasteiger charge is 2.34. The van der Waals surface area contributed by atoms with Crippen LogP contribution in [0, 0.1) is 10.1 Å². The number of hydrogen-bond acceptors (Lipinski definition) is 6. The molecule has 9 nitrogen and oxygen atoms in total. The first-order valence-corrected chi connectivity index (χ1v) is 10.3. The zero-order valence-electron chi connectivity index (χ0n) is 17.3. The van der Waals surface area contributed by atoms with Gasteiger partial charge in [0.15, 0.2) is 11.8 Å². The highest BCUT2D eigenvalue weighted by Crippen LogP contribution is 2.22. The molecule has 0 aliphatic carbocycles. The van der Waals surface area contributed by atoms with Crippen molar-refractivity contribution < 1.29 is 19.6 Å². The highest BCUT2D eigenvalue weighted by atomic mass is 35.5. The predicted molar refractivity (Wildman–Crippen MR) is 121 cm³/mol. The van der Waals surface area contributed by atoms with E-state index in [9.17, 15) is 29.6 Å². The minimum absolute atomic E-state index is 0.0776. The minimum Gasteiger partial charge on any atom is -0.395 e. The first-order valence-electron chi connectivity index (χ1n) is 9.91. The molecule has 1 aromatic heterocycles. The number of carbonyl (C=O) groups excluding carboxylic acids is 2. The molecule has 0 bridgehead atoms. The van der Waals surface area contributed by atoms with Gasteiger partial charge in [-0.25, -0.2) is 0 Å². The molecule has 0 fully saturated rings. The van der Waals surface area contributed by atoms with Crippen molar-refractivity contribution in [1.82, 2.24) is 9.47 Å². The molecule has 170 valence electrons. The van der Waals surface area contributed by atoms with Crippen molar-refractivity contribution in [3.05, 3.63) is 110 Å². The Morgan fingerprint density at radius 2 is 1.82 bits per heavy atom. The molecule has 3 rings (SSSR count). The number of ketones is 1. The van der Waals surface area contributed by atoms with Gasteiger partial charge in [-0.05, 0) is 11.6 Å². The Kier molecular flexibility index (Phi) is 7.70. The SMILES string of the molecule is O=C(c1cccc([N+](=O)[O-])c1)[C@@H](C(=O)N(CCO)Cc1ccccc1)n1cc(Cl)ccc1=O. The molecule has 2 aromatic carbocycles. The van der Waals surface area contributed by atoms with Gasteiger partial charge in [0.25, 0.3) is 17.2 Å². The topological polar surface area (TPSA) is 123 Å². The van der Waals surface area contributed by atoms with E-state index in [-0.39, 0.29) is 36.0 Å². The van der Waals surface area contributed by atoms with Crippen LogP contribution in [0.15, 0.2) is 77.7 Å². The maximum Gasteiger partial charge on any atom is 0.270 e. The Morgan fingerprint density at radius 1 is 1.09 bits per heavy atom. The molecule has 3 aromatic rings. The number of Topliss-reactive ketones (excluding diaryl/α,β-unsaturated/α-hetero) is 1. The number of non-ortho nitro benzene ring substituents is 1. The molecule has 1 amide bonds. The molecule has 0 saturated carbocycles. The Morgan fingerprint density at radius 3 is 2.48 bits per heavy atom. The number of halogens is 1. The zero-order valence-corrected chi connectivity index (χ0v) is 18.1. The van der Waals surface area contributed by atoms with Crippen LogP contribution in [0.5, 0.6) is 0 Å². The quantitative estimate of drug-likeness (QED) is 0.222. The maximum absolute atomic E-state index is 13.6. The van der Waals surface area contributed by atoms with Crippen LogP contribution in [-0.2, 0) is 11.3 Å². The van der Waals surface area contributed by atoms with Crippen LogP contribution in [-0.4, -0.2) is 44.3 Å². The lowest BCUT2D eigenvalue weighted by Crippen LogP contribution is -2.44. The van der Waals surface area contributed by atoms with E-state index in [2.05, 4.69) is 0 Å². The van der Waals surface area contributed by atoms with E-state index in [1.165, 1.54) is 35.4 Å². The second kappa shape index (κ2) is 10.7. The Bertz CT molecular complexity index is 1230. The van der Waals surface area contributed by atoms with Crippen molar-refractivity contribution in [2.24, 2.45) is 0 Å². The third kappa shape index (κ3) is 5.71. The summed E-state index contributed by atoms with van der Waals surface area (Å²) in [6.45, 7) is -0.392. The van der Waals surface area contributed by atoms with E-state index in [1.807, 2.05) is 6.07 Å². The standard InChI is InChI=1S/C23H20ClN3O6/c24-18-9-10-20(29)26(15-18)21(22(30)17-7-4-8-19(13-17)27(32)33)23(31)25(11-12-28)14-16-5-2-1-3-6-16/h1-10,13,15,21,28H,11-12,14H2/t21-/m0/s1. The molecule has 0 saturated heterocycles. The van der Waals surface area contributed by atoms with Gasteiger partial charge in [-0.15, -0.1) is 0 Å². The summed E-state index contributed by atoms with van der Waals surface area (Å²) in [5.41, 5.74) is -0.348. The predicted octanol–water partition coefficient (Wildman–Crippen LogP) is 2.86. The number of benzene rings is 2. The van der Waals surface area contributed by atoms with Gasteiger partial charge in [0.1, 0.15) is 0 Å². The summed E-state index contributed by atoms with van der Waals surface area (Å²) < 4.78 is 0.904. The lowest BCUT2D eigenvalue weighted by Gasteiger charge is -2.27. The highest BCUT2D eigenvalue weighted by molar-refractivity contribution is 6.30. The van der Waals surface area contributed by atoms with E-state index >= 15 is 0 Å². The smallest absolute Gasteiger partial charge is 0.270 e. The Labute approximate surface area is 193 Å². The van der Waals surface area contributed by atoms with Crippen molar-refractivity contribution >= 4 is 29.0 Å². The van der Waals surface area contributed by atoms with Crippen molar-refractivity contribution in [3.63, 3.8) is 0 Å². The van der Waals surface area contributed by atoms with Crippen LogP contribution in [0.25, 0.3) is 0 Å². The van der Waals surface area contributed by atoms with Gasteiger partial charge < -0.3 is 10.0 Å². The van der Waals surface area contributed by atoms with Crippen molar-refractivity contribution in [2.75, 3.05) is 13.2 Å². The number of amides is 1. The zero-order chi connectivity index (χ0) is 24.0. The molecule has 0 aliphatic heterocycles. The largest absolute Gasteiger partial charge is 0.395 e. The summed E-state index contributed by atoms with van der Waals surface area (Å²) in [6, 6.07) is 14.6. The number of aliphatic hydroxyl groups excluding tert-OH is 1. The first kappa shape index (κ1) is 23.8. The third-order valence-electron chi connectivity index (χ3n) is 4.90. The fourth-order valence-corrected chi connectivity index (χ4v) is 3.50. The summed E-state index contributed by atoms with van der Waals surface area (Å²) in [4.78, 5) is 51.4. The van der Waals surface area contributed by atoms with E-state index in [1.54, 1.807) is 24.3 Å². The second-order valence-electron chi connectivity index (χ2n) is 7.14. The molecule has 1 heterocycles. The number of nitro benzene ring substituents is 1. The fourth-order valence-electron chi connectivity index (χ4n) is 3.33. The Hall–Kier alpha value is -3.82. The number of nitro groups is 1. The molecule has 33 heavy (non-hydrogen) atoms. The molecule has 0 aliphatic rings. The van der Waals surface area contributed by atoms with Gasteiger partial charge in [0, 0.05) is 43.0 Å². The van der Waals surface area contributed by atoms with E-state index in [4.69, 9.17) is 11.6 Å². The lowest BCUT2D eigenvalue weighted by molar-refractivity contribution is -0.384. The first-order chi connectivity index (χ1) is 15.8. The monoisotopic (exact) mass is 469 g/mol. The maximum atomic E-state index is 13.6. The number of pyridine rings is 1. The van der Waals surface area contributed by atoms with Gasteiger partial charge in [0.2, 0.25) is 0 Å². The number of rotatable bonds is 9. The van der Waals surface area contributed by atoms with Gasteiger partial charge in [-0.1, -0.05) is 54.1 Å². The third-order valence-corrected chi connectivity index (χ3v) is 5.13. The normalized spacial score (nSPS) is 11.6. The summed E-state index contributed by atoms with van der Waals surface area (Å²) >= 11 is 6.03. The van der Waals surface area contributed by atoms with Crippen LogP contribution in [0.2, 0.25) is 5.02 Å². The van der Waals surface area contributed by atoms with Gasteiger partial charge in [-0.2, -0.15) is 0 Å². The molecule has 1 atom stereocenters. The molecule has 1 N–H and O–H groups in total. The fraction of sp³-hybridized carbons (Fsp3) is 0.174. The molecular weight excluding hydrogens is 450 g/mol. The van der Waals surface area contributed by atoms with Gasteiger partial charge in [0.05, 0.1) is 16.6 Å². The van der Waals surface area contributed by atoms with Crippen LogP contribution >= 0.6 is 11.6 Å². The van der Waals surface area contributed by atoms with Crippen LogP contribution in [0.3, 0.4) is 0 Å². The van der Waals surface area contributed by atoms with Crippen molar-refractivity contribution in [3.8, 4) is 0 Å². The average Bonchev–Trinajstić information content (AvgIpc) is 2.81. The number of aliphatic hydroxyl groups is 1. The minimum atomic E-state index is -1.67. The number of carbonyl (C=O) groups is 2. The molecule has 0 radical (unpaired) electrons. The van der Waals surface area contributed by atoms with E-state index < -0.39 is 28.2 Å². The molecule has 10 heteroatoms. The number of aromatic nitrogens is 1. The average molecular weight is 470 g/mol. The van der Waals surface area contributed by atoms with E-state index in [0.717, 1.165) is 22.3 Å². The summed E-state index contributed by atoms with van der Waals surface area (Å²) in [5, 5.41) is 20.8. The summed E-state index contributed by atoms with van der Waals surface area (Å²) in [6.07, 6.45) is 1.17. The van der Waals surface area contributed by atoms with Crippen LogP contribution in [0.4, 0.5) is 5.69 Å². The van der Waals surface area contributed by atoms with Crippen molar-refractivity contribution in [1.29, 1.82) is 0 Å². The van der Waals surface area contributed by atoms with E-state index in [0.29, 0.717) is 0 Å². The van der Waals surface area contributed by atoms with Crippen LogP contribution in [0.1, 0.15) is 22.0 Å². The van der Waals surface area contributed by atoms with Gasteiger partial charge in [-0.3, -0.25) is 29.1 Å². The molecule has 0 unspecified atom stereocenters. The van der Waals surface area contributed by atoms with Crippen molar-refractivity contribution in [2.45, 2.75) is 12.6 Å². The summed E-state index contributed by atoms with van der Waals surface area (Å²) in [7, 11) is 0. The van der Waals surface area contributed by atoms with Gasteiger partial charge >= 0.3 is 0 Å². The van der Waals surface area contributed by atoms with Crippen LogP contribution < -0.4 is 5.56 Å². The molecule has 0 spiro atoms. The Balaban J connectivity index is 2.09. The second-order valence-corrected chi connectivity index (χ2v) is 7.57. The lowest BCUT2D eigenvalue weighted by atomic mass is 10.0.